The highest BCUT2D eigenvalue weighted by Gasteiger charge is 2.25. The predicted octanol–water partition coefficient (Wildman–Crippen LogP) is 1.06. The van der Waals surface area contributed by atoms with Crippen LogP contribution in [0.2, 0.25) is 0 Å². The third-order valence-corrected chi connectivity index (χ3v) is 1.55. The maximum absolute atomic E-state index is 12.8. The van der Waals surface area contributed by atoms with Crippen molar-refractivity contribution in [3.05, 3.63) is 34.6 Å². The zero-order valence-corrected chi connectivity index (χ0v) is 6.71. The molecule has 0 aliphatic rings. The van der Waals surface area contributed by atoms with Crippen molar-refractivity contribution in [2.75, 3.05) is 0 Å². The molecule has 0 amide bonds. The molecule has 1 rings (SSSR count). The van der Waals surface area contributed by atoms with Crippen molar-refractivity contribution < 1.29 is 32.7 Å². The van der Waals surface area contributed by atoms with Crippen LogP contribution < -0.4 is 5.90 Å². The predicted molar refractivity (Wildman–Crippen MR) is 33.9 cm³/mol. The number of quaternary nitrogens is 1. The maximum Gasteiger partial charge on any atom is 0.200 e. The van der Waals surface area contributed by atoms with E-state index in [-0.39, 0.29) is 0 Å². The van der Waals surface area contributed by atoms with E-state index >= 15 is 0 Å². The van der Waals surface area contributed by atoms with E-state index in [1.54, 1.807) is 0 Å². The molecule has 1 aromatic carbocycles. The van der Waals surface area contributed by atoms with Crippen molar-refractivity contribution in [2.24, 2.45) is 0 Å². The van der Waals surface area contributed by atoms with Gasteiger partial charge < -0.3 is 0 Å². The molecular weight excluding hydrogens is 209 g/mol. The van der Waals surface area contributed by atoms with Gasteiger partial charge in [-0.1, -0.05) is 0 Å². The lowest BCUT2D eigenvalue weighted by Gasteiger charge is -2.05. The molecule has 0 aliphatic heterocycles. The fraction of sp³-hybridized carbons (Fsp3) is 0.143. The minimum atomic E-state index is -2.19. The summed E-state index contributed by atoms with van der Waals surface area (Å²) in [5.41, 5.74) is -1.03. The SMILES string of the molecule is [NH3+]OCc1c(F)c(F)c(F)c(F)c1F. The molecule has 0 fully saturated rings. The van der Waals surface area contributed by atoms with E-state index in [9.17, 15) is 22.0 Å². The van der Waals surface area contributed by atoms with Gasteiger partial charge in [-0.3, -0.25) is 0 Å². The van der Waals surface area contributed by atoms with Gasteiger partial charge >= 0.3 is 0 Å². The molecule has 0 spiro atoms. The Morgan fingerprint density at radius 2 is 1.14 bits per heavy atom. The molecule has 0 aromatic heterocycles. The van der Waals surface area contributed by atoms with Crippen LogP contribution in [0.1, 0.15) is 5.56 Å². The smallest absolute Gasteiger partial charge is 0.200 e. The lowest BCUT2D eigenvalue weighted by atomic mass is 10.2. The first kappa shape index (κ1) is 10.9. The summed E-state index contributed by atoms with van der Waals surface area (Å²) < 4.78 is 63.0. The summed E-state index contributed by atoms with van der Waals surface area (Å²) in [5, 5.41) is 0. The highest BCUT2D eigenvalue weighted by Crippen LogP contribution is 2.22. The third-order valence-electron chi connectivity index (χ3n) is 1.55. The standard InChI is InChI=1S/C7H5F5NO/c8-3-2(1-14-13)4(9)6(11)7(12)5(3)10/h1H2,13H3/q+1. The Morgan fingerprint density at radius 3 is 1.50 bits per heavy atom. The van der Waals surface area contributed by atoms with E-state index in [0.717, 1.165) is 0 Å². The minimum absolute atomic E-state index is 0.786. The Kier molecular flexibility index (Phi) is 3.02. The summed E-state index contributed by atoms with van der Waals surface area (Å²) in [5.74, 6) is -7.19. The van der Waals surface area contributed by atoms with Crippen LogP contribution >= 0.6 is 0 Å². The van der Waals surface area contributed by atoms with Crippen LogP contribution in [-0.4, -0.2) is 0 Å². The number of hydrogen-bond acceptors (Lipinski definition) is 1. The van der Waals surface area contributed by atoms with Gasteiger partial charge in [0.05, 0.1) is 5.56 Å². The number of benzene rings is 1. The van der Waals surface area contributed by atoms with Gasteiger partial charge in [-0.05, 0) is 0 Å². The zero-order valence-electron chi connectivity index (χ0n) is 6.71. The average Bonchev–Trinajstić information content (AvgIpc) is 2.19. The Bertz CT molecular complexity index is 339. The van der Waals surface area contributed by atoms with Crippen molar-refractivity contribution in [3.8, 4) is 0 Å². The van der Waals surface area contributed by atoms with E-state index in [1.165, 1.54) is 0 Å². The van der Waals surface area contributed by atoms with E-state index in [2.05, 4.69) is 10.7 Å². The van der Waals surface area contributed by atoms with Gasteiger partial charge in [0.1, 0.15) is 6.61 Å². The van der Waals surface area contributed by atoms with Gasteiger partial charge in [0.2, 0.25) is 5.82 Å². The molecule has 3 N–H and O–H groups in total. The van der Waals surface area contributed by atoms with Crippen LogP contribution in [-0.2, 0) is 11.4 Å². The van der Waals surface area contributed by atoms with Crippen molar-refractivity contribution in [1.82, 2.24) is 0 Å². The van der Waals surface area contributed by atoms with E-state index < -0.39 is 41.3 Å². The molecule has 1 aromatic rings. The fourth-order valence-corrected chi connectivity index (χ4v) is 0.879. The molecule has 0 unspecified atom stereocenters. The van der Waals surface area contributed by atoms with Crippen LogP contribution in [0.15, 0.2) is 0 Å². The molecule has 0 aliphatic carbocycles. The molecule has 14 heavy (non-hydrogen) atoms. The van der Waals surface area contributed by atoms with Crippen LogP contribution in [0.5, 0.6) is 0 Å². The Hall–Kier alpha value is -1.21. The molecule has 0 bridgehead atoms. The summed E-state index contributed by atoms with van der Waals surface area (Å²) in [6.07, 6.45) is 0. The lowest BCUT2D eigenvalue weighted by Crippen LogP contribution is -2.48. The molecule has 0 saturated carbocycles. The topological polar surface area (TPSA) is 36.9 Å². The van der Waals surface area contributed by atoms with Crippen LogP contribution in [0.4, 0.5) is 22.0 Å². The van der Waals surface area contributed by atoms with Crippen molar-refractivity contribution >= 4 is 0 Å². The summed E-state index contributed by atoms with van der Waals surface area (Å²) in [6, 6.07) is 0. The quantitative estimate of drug-likeness (QED) is 0.340. The Labute approximate surface area is 75.0 Å². The first-order valence-corrected chi connectivity index (χ1v) is 3.38. The fourth-order valence-electron chi connectivity index (χ4n) is 0.879. The van der Waals surface area contributed by atoms with Crippen molar-refractivity contribution in [3.63, 3.8) is 0 Å². The largest absolute Gasteiger partial charge is 0.212 e. The van der Waals surface area contributed by atoms with Crippen LogP contribution in [0.3, 0.4) is 0 Å². The average molecular weight is 214 g/mol. The second-order valence-corrected chi connectivity index (χ2v) is 2.40. The molecule has 0 saturated heterocycles. The first-order valence-electron chi connectivity index (χ1n) is 3.38. The van der Waals surface area contributed by atoms with Gasteiger partial charge in [0.15, 0.2) is 23.3 Å². The van der Waals surface area contributed by atoms with E-state index in [1.807, 2.05) is 0 Å². The Balaban J connectivity index is 3.43. The summed E-state index contributed by atoms with van der Waals surface area (Å²) >= 11 is 0. The monoisotopic (exact) mass is 214 g/mol. The third kappa shape index (κ3) is 1.55. The number of rotatable bonds is 2. The van der Waals surface area contributed by atoms with Crippen LogP contribution in [0.25, 0.3) is 0 Å². The van der Waals surface area contributed by atoms with E-state index in [4.69, 9.17) is 0 Å². The maximum atomic E-state index is 12.8. The summed E-state index contributed by atoms with van der Waals surface area (Å²) in [4.78, 5) is 4.05. The van der Waals surface area contributed by atoms with E-state index in [0.29, 0.717) is 0 Å². The summed E-state index contributed by atoms with van der Waals surface area (Å²) in [6.45, 7) is -0.786. The second-order valence-electron chi connectivity index (χ2n) is 2.40. The molecule has 0 heterocycles. The molecular formula is C7H5F5NO+. The van der Waals surface area contributed by atoms with Crippen molar-refractivity contribution in [1.29, 1.82) is 0 Å². The highest BCUT2D eigenvalue weighted by molar-refractivity contribution is 5.23. The number of halogens is 5. The van der Waals surface area contributed by atoms with Crippen LogP contribution in [0, 0.1) is 29.1 Å². The normalized spacial score (nSPS) is 10.7. The highest BCUT2D eigenvalue weighted by atomic mass is 19.2. The zero-order chi connectivity index (χ0) is 10.9. The first-order chi connectivity index (χ1) is 6.50. The minimum Gasteiger partial charge on any atom is -0.212 e. The number of hydrogen-bond donors (Lipinski definition) is 1. The molecule has 2 nitrogen and oxygen atoms in total. The molecule has 0 radical (unpaired) electrons. The van der Waals surface area contributed by atoms with Gasteiger partial charge in [0.25, 0.3) is 0 Å². The summed E-state index contributed by atoms with van der Waals surface area (Å²) in [7, 11) is 0. The van der Waals surface area contributed by atoms with Gasteiger partial charge in [-0.15, -0.1) is 0 Å². The lowest BCUT2D eigenvalue weighted by molar-refractivity contribution is -0.695. The Morgan fingerprint density at radius 1 is 0.786 bits per heavy atom. The van der Waals surface area contributed by atoms with Gasteiger partial charge in [-0.25, -0.2) is 32.7 Å². The molecule has 0 atom stereocenters. The molecule has 7 heteroatoms. The van der Waals surface area contributed by atoms with Gasteiger partial charge in [-0.2, -0.15) is 0 Å². The van der Waals surface area contributed by atoms with Gasteiger partial charge in [0, 0.05) is 0 Å². The second kappa shape index (κ2) is 3.89. The van der Waals surface area contributed by atoms with Crippen molar-refractivity contribution in [2.45, 2.75) is 6.61 Å². The molecule has 78 valence electrons.